The summed E-state index contributed by atoms with van der Waals surface area (Å²) in [6.07, 6.45) is 0. The highest BCUT2D eigenvalue weighted by Gasteiger charge is 2.21. The van der Waals surface area contributed by atoms with Crippen molar-refractivity contribution in [1.29, 1.82) is 0 Å². The number of rotatable bonds is 3. The van der Waals surface area contributed by atoms with Crippen molar-refractivity contribution in [3.05, 3.63) is 17.7 Å². The molecule has 0 aliphatic carbocycles. The van der Waals surface area contributed by atoms with E-state index in [1.807, 2.05) is 0 Å². The van der Waals surface area contributed by atoms with Crippen LogP contribution in [0.5, 0.6) is 17.2 Å². The summed E-state index contributed by atoms with van der Waals surface area (Å²) < 4.78 is 36.8. The van der Waals surface area contributed by atoms with Crippen molar-refractivity contribution in [1.82, 2.24) is 0 Å². The van der Waals surface area contributed by atoms with Gasteiger partial charge >= 0.3 is 0 Å². The van der Waals surface area contributed by atoms with Crippen molar-refractivity contribution >= 4 is 11.1 Å². The van der Waals surface area contributed by atoms with Crippen LogP contribution in [0.4, 0.5) is 0 Å². The van der Waals surface area contributed by atoms with Crippen molar-refractivity contribution in [2.45, 2.75) is 5.75 Å². The summed E-state index contributed by atoms with van der Waals surface area (Å²) in [5, 5.41) is 0. The van der Waals surface area contributed by atoms with E-state index >= 15 is 0 Å². The zero-order chi connectivity index (χ0) is 10.8. The van der Waals surface area contributed by atoms with Gasteiger partial charge in [-0.25, -0.2) is 0 Å². The first kappa shape index (κ1) is 10.3. The average molecular weight is 229 g/mol. The quantitative estimate of drug-likeness (QED) is 0.717. The Labute approximate surface area is 89.2 Å². The lowest BCUT2D eigenvalue weighted by Crippen LogP contribution is -2.00. The number of hydrogen-bond acceptors (Lipinski definition) is 5. The Hall–Kier alpha value is -1.27. The number of methoxy groups -OCH3 is 1. The van der Waals surface area contributed by atoms with E-state index in [9.17, 15) is 8.76 Å². The third kappa shape index (κ3) is 1.91. The number of hydrogen-bond donors (Lipinski definition) is 0. The molecule has 0 N–H and O–H groups in total. The summed E-state index contributed by atoms with van der Waals surface area (Å²) in [5.41, 5.74) is 0.501. The monoisotopic (exact) mass is 229 g/mol. The Bertz CT molecular complexity index is 404. The topological polar surface area (TPSA) is 67.8 Å². The van der Waals surface area contributed by atoms with Gasteiger partial charge in [-0.3, -0.25) is 4.21 Å². The second kappa shape index (κ2) is 4.08. The average Bonchev–Trinajstić information content (AvgIpc) is 2.65. The third-order valence-electron chi connectivity index (χ3n) is 2.08. The van der Waals surface area contributed by atoms with Crippen molar-refractivity contribution in [2.24, 2.45) is 0 Å². The Morgan fingerprint density at radius 2 is 2.33 bits per heavy atom. The van der Waals surface area contributed by atoms with E-state index in [0.717, 1.165) is 0 Å². The summed E-state index contributed by atoms with van der Waals surface area (Å²) in [7, 11) is 1.48. The van der Waals surface area contributed by atoms with Crippen LogP contribution in [0, 0.1) is 0 Å². The predicted molar refractivity (Wildman–Crippen MR) is 51.7 cm³/mol. The molecule has 6 heteroatoms. The molecule has 0 bridgehead atoms. The first-order valence-electron chi connectivity index (χ1n) is 4.23. The van der Waals surface area contributed by atoms with Gasteiger partial charge in [-0.15, -0.1) is 0 Å². The molecule has 1 unspecified atom stereocenters. The maximum Gasteiger partial charge on any atom is 0.231 e. The summed E-state index contributed by atoms with van der Waals surface area (Å²) >= 11 is -2.19. The van der Waals surface area contributed by atoms with E-state index in [4.69, 9.17) is 14.2 Å². The van der Waals surface area contributed by atoms with Crippen LogP contribution in [0.15, 0.2) is 12.1 Å². The first-order valence-corrected chi connectivity index (χ1v) is 5.48. The van der Waals surface area contributed by atoms with Gasteiger partial charge in [0.05, 0.1) is 12.7 Å². The lowest BCUT2D eigenvalue weighted by Gasteiger charge is -2.12. The fraction of sp³-hybridized carbons (Fsp3) is 0.333. The van der Waals surface area contributed by atoms with Crippen molar-refractivity contribution in [2.75, 3.05) is 13.9 Å². The fourth-order valence-electron chi connectivity index (χ4n) is 1.46. The van der Waals surface area contributed by atoms with Crippen LogP contribution in [0.25, 0.3) is 0 Å². The number of benzene rings is 1. The minimum Gasteiger partial charge on any atom is -0.772 e. The Kier molecular flexibility index (Phi) is 2.79. The highest BCUT2D eigenvalue weighted by atomic mass is 32.2. The fourth-order valence-corrected chi connectivity index (χ4v) is 1.97. The van der Waals surface area contributed by atoms with Crippen molar-refractivity contribution in [3.8, 4) is 17.2 Å². The zero-order valence-electron chi connectivity index (χ0n) is 8.02. The zero-order valence-corrected chi connectivity index (χ0v) is 8.83. The molecular formula is C9H9O5S-. The molecule has 0 saturated carbocycles. The molecule has 1 aliphatic heterocycles. The molecule has 5 nitrogen and oxygen atoms in total. The van der Waals surface area contributed by atoms with Crippen LogP contribution in [-0.2, 0) is 16.8 Å². The van der Waals surface area contributed by atoms with Crippen LogP contribution in [0.1, 0.15) is 5.56 Å². The Morgan fingerprint density at radius 1 is 1.53 bits per heavy atom. The molecule has 1 aromatic rings. The van der Waals surface area contributed by atoms with Crippen LogP contribution in [-0.4, -0.2) is 22.7 Å². The van der Waals surface area contributed by atoms with Gasteiger partial charge in [0.15, 0.2) is 11.5 Å². The smallest absolute Gasteiger partial charge is 0.231 e. The van der Waals surface area contributed by atoms with Crippen LogP contribution < -0.4 is 14.2 Å². The molecule has 15 heavy (non-hydrogen) atoms. The lowest BCUT2D eigenvalue weighted by molar-refractivity contribution is 0.173. The van der Waals surface area contributed by atoms with E-state index < -0.39 is 11.1 Å². The highest BCUT2D eigenvalue weighted by molar-refractivity contribution is 7.78. The largest absolute Gasteiger partial charge is 0.772 e. The van der Waals surface area contributed by atoms with E-state index in [2.05, 4.69) is 0 Å². The molecule has 0 spiro atoms. The van der Waals surface area contributed by atoms with E-state index in [1.54, 1.807) is 12.1 Å². The molecule has 0 radical (unpaired) electrons. The van der Waals surface area contributed by atoms with Crippen LogP contribution in [0.2, 0.25) is 0 Å². The minimum atomic E-state index is -2.19. The first-order chi connectivity index (χ1) is 7.22. The van der Waals surface area contributed by atoms with Crippen LogP contribution in [0.3, 0.4) is 0 Å². The number of ether oxygens (including phenoxy) is 3. The van der Waals surface area contributed by atoms with Gasteiger partial charge in [0.1, 0.15) is 5.75 Å². The molecular weight excluding hydrogens is 220 g/mol. The van der Waals surface area contributed by atoms with Crippen molar-refractivity contribution < 1.29 is 23.0 Å². The van der Waals surface area contributed by atoms with Gasteiger partial charge in [0.2, 0.25) is 6.79 Å². The predicted octanol–water partition coefficient (Wildman–Crippen LogP) is 0.803. The third-order valence-corrected chi connectivity index (χ3v) is 2.61. The van der Waals surface area contributed by atoms with E-state index in [1.165, 1.54) is 7.11 Å². The van der Waals surface area contributed by atoms with Gasteiger partial charge in [-0.2, -0.15) is 0 Å². The maximum absolute atomic E-state index is 10.7. The van der Waals surface area contributed by atoms with E-state index in [0.29, 0.717) is 22.8 Å². The normalized spacial score (nSPS) is 15.1. The molecule has 2 rings (SSSR count). The van der Waals surface area contributed by atoms with E-state index in [-0.39, 0.29) is 12.5 Å². The molecule has 0 aromatic heterocycles. The van der Waals surface area contributed by atoms with Gasteiger partial charge in [0.25, 0.3) is 0 Å². The number of fused-ring (bicyclic) bond motifs is 1. The Balaban J connectivity index is 2.47. The van der Waals surface area contributed by atoms with Gasteiger partial charge < -0.3 is 18.8 Å². The molecule has 82 valence electrons. The van der Waals surface area contributed by atoms with Gasteiger partial charge in [-0.05, 0) is 12.1 Å². The molecule has 1 atom stereocenters. The summed E-state index contributed by atoms with van der Waals surface area (Å²) in [4.78, 5) is 0. The van der Waals surface area contributed by atoms with Gasteiger partial charge in [0, 0.05) is 5.75 Å². The molecule has 1 aromatic carbocycles. The molecule has 0 saturated heterocycles. The second-order valence-electron chi connectivity index (χ2n) is 2.93. The summed E-state index contributed by atoms with van der Waals surface area (Å²) in [6, 6.07) is 3.36. The summed E-state index contributed by atoms with van der Waals surface area (Å²) in [5.74, 6) is 1.36. The molecule has 1 aliphatic rings. The minimum absolute atomic E-state index is 0.112. The second-order valence-corrected chi connectivity index (χ2v) is 3.82. The lowest BCUT2D eigenvalue weighted by atomic mass is 10.2. The van der Waals surface area contributed by atoms with Crippen molar-refractivity contribution in [3.63, 3.8) is 0 Å². The SMILES string of the molecule is COc1ccc2c(c1CS(=O)[O-])OCO2. The molecule has 1 heterocycles. The standard InChI is InChI=1S/C9H10O5S/c1-12-7-2-3-8-9(14-5-13-8)6(7)4-15(10)11/h2-3H,4-5H2,1H3,(H,10,11)/p-1. The van der Waals surface area contributed by atoms with Gasteiger partial charge in [-0.1, -0.05) is 11.1 Å². The Morgan fingerprint density at radius 3 is 3.00 bits per heavy atom. The molecule has 0 fully saturated rings. The maximum atomic E-state index is 10.7. The summed E-state index contributed by atoms with van der Waals surface area (Å²) in [6.45, 7) is 0.112. The van der Waals surface area contributed by atoms with Crippen LogP contribution >= 0.6 is 0 Å². The molecule has 0 amide bonds. The highest BCUT2D eigenvalue weighted by Crippen LogP contribution is 2.41.